The Balaban J connectivity index is 1.43. The second kappa shape index (κ2) is 7.28. The monoisotopic (exact) mass is 380 g/mol. The quantitative estimate of drug-likeness (QED) is 0.606. The number of hydrogen-bond acceptors (Lipinski definition) is 5. The summed E-state index contributed by atoms with van der Waals surface area (Å²) in [5, 5.41) is 12.7. The number of nitrogens with zero attached hydrogens (tertiary/aromatic N) is 1. The van der Waals surface area contributed by atoms with E-state index in [1.807, 2.05) is 36.4 Å². The third-order valence-electron chi connectivity index (χ3n) is 5.01. The summed E-state index contributed by atoms with van der Waals surface area (Å²) >= 11 is 0. The van der Waals surface area contributed by atoms with Crippen molar-refractivity contribution < 1.29 is 19.1 Å². The molecule has 0 spiro atoms. The predicted octanol–water partition coefficient (Wildman–Crippen LogP) is 4.31. The molecule has 1 heterocycles. The van der Waals surface area contributed by atoms with Crippen LogP contribution in [0.2, 0.25) is 0 Å². The molecule has 1 atom stereocenters. The van der Waals surface area contributed by atoms with Crippen molar-refractivity contribution in [1.82, 2.24) is 10.3 Å². The Kier molecular flexibility index (Phi) is 4.81. The van der Waals surface area contributed by atoms with E-state index < -0.39 is 11.6 Å². The third kappa shape index (κ3) is 4.02. The van der Waals surface area contributed by atoms with E-state index in [0.717, 1.165) is 22.6 Å². The molecule has 146 valence electrons. The highest BCUT2D eigenvalue weighted by molar-refractivity contribution is 5.76. The first kappa shape index (κ1) is 18.5. The van der Waals surface area contributed by atoms with Crippen molar-refractivity contribution in [2.24, 2.45) is 5.92 Å². The van der Waals surface area contributed by atoms with Gasteiger partial charge in [-0.05, 0) is 62.4 Å². The molecule has 4 rings (SSSR count). The first-order valence-corrected chi connectivity index (χ1v) is 9.52. The van der Waals surface area contributed by atoms with Crippen LogP contribution >= 0.6 is 0 Å². The van der Waals surface area contributed by atoms with Crippen LogP contribution in [-0.2, 0) is 11.3 Å². The molecule has 3 aromatic rings. The zero-order valence-corrected chi connectivity index (χ0v) is 16.0. The largest absolute Gasteiger partial charge is 0.478 e. The van der Waals surface area contributed by atoms with E-state index >= 15 is 0 Å². The summed E-state index contributed by atoms with van der Waals surface area (Å²) in [6.45, 7) is 3.74. The first-order chi connectivity index (χ1) is 13.4. The summed E-state index contributed by atoms with van der Waals surface area (Å²) in [5.74, 6) is 0.830. The van der Waals surface area contributed by atoms with Gasteiger partial charge in [-0.25, -0.2) is 9.78 Å². The number of para-hydroxylation sites is 2. The van der Waals surface area contributed by atoms with Crippen LogP contribution in [0.5, 0.6) is 5.75 Å². The number of benzene rings is 2. The molecule has 0 bridgehead atoms. The number of carboxylic acids is 1. The molecule has 0 aliphatic heterocycles. The Bertz CT molecular complexity index is 941. The topological polar surface area (TPSA) is 84.6 Å². The highest BCUT2D eigenvalue weighted by Crippen LogP contribution is 2.41. The Morgan fingerprint density at radius 2 is 1.96 bits per heavy atom. The summed E-state index contributed by atoms with van der Waals surface area (Å²) in [7, 11) is 0. The Labute approximate surface area is 163 Å². The fourth-order valence-corrected chi connectivity index (χ4v) is 3.15. The molecule has 2 aromatic carbocycles. The average Bonchev–Trinajstić information content (AvgIpc) is 3.40. The highest BCUT2D eigenvalue weighted by Gasteiger charge is 2.35. The number of aromatic nitrogens is 1. The molecule has 1 aliphatic carbocycles. The molecule has 1 fully saturated rings. The molecule has 28 heavy (non-hydrogen) atoms. The lowest BCUT2D eigenvalue weighted by Crippen LogP contribution is -2.37. The fourth-order valence-electron chi connectivity index (χ4n) is 3.15. The van der Waals surface area contributed by atoms with Gasteiger partial charge in [0.05, 0.1) is 6.04 Å². The van der Waals surface area contributed by atoms with Crippen LogP contribution in [0.4, 0.5) is 0 Å². The van der Waals surface area contributed by atoms with Gasteiger partial charge in [-0.2, -0.15) is 0 Å². The van der Waals surface area contributed by atoms with Crippen molar-refractivity contribution in [2.75, 3.05) is 0 Å². The van der Waals surface area contributed by atoms with Crippen LogP contribution < -0.4 is 10.1 Å². The summed E-state index contributed by atoms with van der Waals surface area (Å²) < 4.78 is 11.5. The van der Waals surface area contributed by atoms with Gasteiger partial charge in [-0.15, -0.1) is 0 Å². The smallest absolute Gasteiger partial charge is 0.347 e. The van der Waals surface area contributed by atoms with Gasteiger partial charge >= 0.3 is 5.97 Å². The number of carboxylic acid groups (broad SMARTS) is 1. The van der Waals surface area contributed by atoms with Gasteiger partial charge in [0.1, 0.15) is 11.3 Å². The van der Waals surface area contributed by atoms with E-state index in [2.05, 4.69) is 10.3 Å². The number of carbonyl (C=O) groups is 1. The van der Waals surface area contributed by atoms with Gasteiger partial charge in [0.2, 0.25) is 5.89 Å². The van der Waals surface area contributed by atoms with Crippen LogP contribution in [0, 0.1) is 5.92 Å². The Hall–Kier alpha value is -2.86. The predicted molar refractivity (Wildman–Crippen MR) is 105 cm³/mol. The normalized spacial score (nSPS) is 15.5. The molecule has 6 heteroatoms. The number of oxazole rings is 1. The molecule has 0 amide bonds. The van der Waals surface area contributed by atoms with E-state index in [4.69, 9.17) is 9.15 Å². The van der Waals surface area contributed by atoms with Crippen LogP contribution in [-0.4, -0.2) is 21.7 Å². The van der Waals surface area contributed by atoms with Crippen molar-refractivity contribution in [3.8, 4) is 5.75 Å². The van der Waals surface area contributed by atoms with E-state index in [1.165, 1.54) is 26.7 Å². The van der Waals surface area contributed by atoms with Crippen molar-refractivity contribution in [3.05, 3.63) is 60.0 Å². The first-order valence-electron chi connectivity index (χ1n) is 9.52. The number of hydrogen-bond donors (Lipinski definition) is 2. The Morgan fingerprint density at radius 1 is 1.25 bits per heavy atom. The number of aliphatic carboxylic acids is 1. The SMILES string of the molecule is CC(C)(Oc1ccc(CNC(c2nc3ccccc3o2)C2CC2)cc1)C(=O)O. The fraction of sp³-hybridized carbons (Fsp3) is 0.364. The second-order valence-corrected chi connectivity index (χ2v) is 7.78. The average molecular weight is 380 g/mol. The summed E-state index contributed by atoms with van der Waals surface area (Å²) in [4.78, 5) is 15.8. The van der Waals surface area contributed by atoms with Gasteiger partial charge in [-0.3, -0.25) is 0 Å². The van der Waals surface area contributed by atoms with Crippen LogP contribution in [0.25, 0.3) is 11.1 Å². The molecular weight excluding hydrogens is 356 g/mol. The standard InChI is InChI=1S/C22H24N2O4/c1-22(2,21(25)26)28-16-11-7-14(8-12-16)13-23-19(15-9-10-15)20-24-17-5-3-4-6-18(17)27-20/h3-8,11-12,15,19,23H,9-10,13H2,1-2H3,(H,25,26). The lowest BCUT2D eigenvalue weighted by Gasteiger charge is -2.21. The van der Waals surface area contributed by atoms with Gasteiger partial charge < -0.3 is 19.6 Å². The molecule has 1 aromatic heterocycles. The van der Waals surface area contributed by atoms with Gasteiger partial charge in [0.25, 0.3) is 0 Å². The maximum atomic E-state index is 11.2. The number of rotatable bonds is 8. The van der Waals surface area contributed by atoms with Crippen molar-refractivity contribution in [1.29, 1.82) is 0 Å². The summed E-state index contributed by atoms with van der Waals surface area (Å²) in [6.07, 6.45) is 2.35. The molecule has 2 N–H and O–H groups in total. The van der Waals surface area contributed by atoms with E-state index in [9.17, 15) is 9.90 Å². The van der Waals surface area contributed by atoms with Gasteiger partial charge in [0, 0.05) is 6.54 Å². The van der Waals surface area contributed by atoms with Gasteiger partial charge in [0.15, 0.2) is 11.2 Å². The Morgan fingerprint density at radius 3 is 2.61 bits per heavy atom. The van der Waals surface area contributed by atoms with E-state index in [0.29, 0.717) is 18.2 Å². The lowest BCUT2D eigenvalue weighted by molar-refractivity contribution is -0.152. The van der Waals surface area contributed by atoms with Crippen LogP contribution in [0.3, 0.4) is 0 Å². The number of nitrogens with one attached hydrogen (secondary N) is 1. The van der Waals surface area contributed by atoms with Crippen LogP contribution in [0.1, 0.15) is 44.2 Å². The van der Waals surface area contributed by atoms with Crippen molar-refractivity contribution in [2.45, 2.75) is 44.9 Å². The summed E-state index contributed by atoms with van der Waals surface area (Å²) in [5.41, 5.74) is 1.52. The van der Waals surface area contributed by atoms with Crippen LogP contribution in [0.15, 0.2) is 52.9 Å². The third-order valence-corrected chi connectivity index (χ3v) is 5.01. The minimum absolute atomic E-state index is 0.0919. The second-order valence-electron chi connectivity index (χ2n) is 7.78. The molecule has 1 unspecified atom stereocenters. The maximum absolute atomic E-state index is 11.2. The van der Waals surface area contributed by atoms with E-state index in [1.54, 1.807) is 12.1 Å². The molecule has 0 radical (unpaired) electrons. The van der Waals surface area contributed by atoms with Crippen molar-refractivity contribution in [3.63, 3.8) is 0 Å². The van der Waals surface area contributed by atoms with E-state index in [-0.39, 0.29) is 6.04 Å². The molecule has 6 nitrogen and oxygen atoms in total. The van der Waals surface area contributed by atoms with Crippen molar-refractivity contribution >= 4 is 17.1 Å². The highest BCUT2D eigenvalue weighted by atomic mass is 16.5. The maximum Gasteiger partial charge on any atom is 0.347 e. The minimum Gasteiger partial charge on any atom is -0.478 e. The number of ether oxygens (including phenoxy) is 1. The summed E-state index contributed by atoms with van der Waals surface area (Å²) in [6, 6.07) is 15.4. The van der Waals surface area contributed by atoms with Gasteiger partial charge in [-0.1, -0.05) is 24.3 Å². The number of fused-ring (bicyclic) bond motifs is 1. The zero-order chi connectivity index (χ0) is 19.7. The molecule has 0 saturated heterocycles. The zero-order valence-electron chi connectivity index (χ0n) is 16.0. The molecule has 1 aliphatic rings. The molecule has 1 saturated carbocycles. The lowest BCUT2D eigenvalue weighted by atomic mass is 10.1. The molecular formula is C22H24N2O4. The minimum atomic E-state index is -1.26.